The summed E-state index contributed by atoms with van der Waals surface area (Å²) in [5.41, 5.74) is 1.29. The number of aromatic nitrogens is 4. The van der Waals surface area contributed by atoms with E-state index in [1.54, 1.807) is 20.2 Å². The van der Waals surface area contributed by atoms with Gasteiger partial charge >= 0.3 is 0 Å². The van der Waals surface area contributed by atoms with E-state index in [-0.39, 0.29) is 17.4 Å². The summed E-state index contributed by atoms with van der Waals surface area (Å²) < 4.78 is 12.9. The maximum Gasteiger partial charge on any atom is 0.274 e. The molecule has 2 fully saturated rings. The van der Waals surface area contributed by atoms with E-state index in [2.05, 4.69) is 27.0 Å². The lowest BCUT2D eigenvalue weighted by Gasteiger charge is -2.14. The number of nitrogens with zero attached hydrogens (tertiary/aromatic N) is 3. The molecule has 8 heteroatoms. The zero-order valence-corrected chi connectivity index (χ0v) is 17.3. The van der Waals surface area contributed by atoms with Crippen molar-refractivity contribution in [3.63, 3.8) is 0 Å². The molecular formula is C22H24N4O4. The summed E-state index contributed by atoms with van der Waals surface area (Å²) in [5.74, 6) is 7.32. The van der Waals surface area contributed by atoms with E-state index >= 15 is 0 Å². The van der Waals surface area contributed by atoms with Gasteiger partial charge in [0.25, 0.3) is 5.56 Å². The fourth-order valence-corrected chi connectivity index (χ4v) is 4.08. The molecule has 0 spiro atoms. The van der Waals surface area contributed by atoms with Crippen LogP contribution in [0.4, 0.5) is 0 Å². The summed E-state index contributed by atoms with van der Waals surface area (Å²) in [5, 5.41) is 19.7. The molecule has 0 bridgehead atoms. The monoisotopic (exact) mass is 408 g/mol. The van der Waals surface area contributed by atoms with Gasteiger partial charge in [0.2, 0.25) is 11.8 Å². The molecule has 2 N–H and O–H groups in total. The van der Waals surface area contributed by atoms with Crippen LogP contribution in [0, 0.1) is 24.7 Å². The van der Waals surface area contributed by atoms with Gasteiger partial charge < -0.3 is 23.8 Å². The second-order valence-corrected chi connectivity index (χ2v) is 8.51. The van der Waals surface area contributed by atoms with Crippen molar-refractivity contribution in [3.05, 3.63) is 33.7 Å². The maximum atomic E-state index is 12.8. The fourth-order valence-electron chi connectivity index (χ4n) is 4.08. The van der Waals surface area contributed by atoms with Crippen molar-refractivity contribution in [2.45, 2.75) is 44.6 Å². The average molecular weight is 408 g/mol. The Labute approximate surface area is 173 Å². The molecule has 1 aliphatic heterocycles. The molecule has 5 rings (SSSR count). The van der Waals surface area contributed by atoms with Crippen LogP contribution in [0.25, 0.3) is 22.4 Å². The molecular weight excluding hydrogens is 384 g/mol. The molecule has 0 amide bonds. The second-order valence-electron chi connectivity index (χ2n) is 8.51. The predicted octanol–water partition coefficient (Wildman–Crippen LogP) is 2.24. The smallest absolute Gasteiger partial charge is 0.274 e. The van der Waals surface area contributed by atoms with E-state index in [0.29, 0.717) is 47.0 Å². The second kappa shape index (κ2) is 6.83. The van der Waals surface area contributed by atoms with Crippen LogP contribution in [0.5, 0.6) is 0 Å². The minimum atomic E-state index is -1.05. The third-order valence-electron chi connectivity index (χ3n) is 6.07. The molecule has 2 atom stereocenters. The summed E-state index contributed by atoms with van der Waals surface area (Å²) in [6.45, 7) is 4.87. The van der Waals surface area contributed by atoms with Crippen LogP contribution >= 0.6 is 0 Å². The van der Waals surface area contributed by atoms with Gasteiger partial charge in [0.1, 0.15) is 11.1 Å². The van der Waals surface area contributed by atoms with Crippen LogP contribution in [-0.2, 0) is 11.8 Å². The number of nitrogens with one attached hydrogen (secondary N) is 1. The van der Waals surface area contributed by atoms with E-state index in [1.807, 2.05) is 6.92 Å². The van der Waals surface area contributed by atoms with E-state index in [9.17, 15) is 9.90 Å². The molecule has 3 aromatic rings. The zero-order valence-electron chi connectivity index (χ0n) is 17.3. The number of hydrogen-bond donors (Lipinski definition) is 2. The number of ether oxygens (including phenoxy) is 1. The third kappa shape index (κ3) is 3.15. The number of rotatable bonds is 3. The normalized spacial score (nSPS) is 20.9. The lowest BCUT2D eigenvalue weighted by molar-refractivity contribution is 0.0980. The Kier molecular flexibility index (Phi) is 4.34. The third-order valence-corrected chi connectivity index (χ3v) is 6.07. The van der Waals surface area contributed by atoms with E-state index < -0.39 is 5.60 Å². The molecule has 2 aliphatic rings. The molecule has 156 valence electrons. The highest BCUT2D eigenvalue weighted by Crippen LogP contribution is 2.39. The minimum absolute atomic E-state index is 0.0949. The first kappa shape index (κ1) is 19.1. The minimum Gasteiger partial charge on any atom is -0.420 e. The van der Waals surface area contributed by atoms with Gasteiger partial charge in [0, 0.05) is 30.9 Å². The molecule has 0 aromatic carbocycles. The summed E-state index contributed by atoms with van der Waals surface area (Å²) >= 11 is 0. The number of hydrogen-bond acceptors (Lipinski definition) is 6. The van der Waals surface area contributed by atoms with Crippen molar-refractivity contribution in [2.75, 3.05) is 13.2 Å². The Balaban J connectivity index is 1.67. The molecule has 1 saturated carbocycles. The van der Waals surface area contributed by atoms with Crippen molar-refractivity contribution in [2.24, 2.45) is 13.0 Å². The molecule has 8 nitrogen and oxygen atoms in total. The highest BCUT2D eigenvalue weighted by Gasteiger charge is 2.38. The predicted molar refractivity (Wildman–Crippen MR) is 110 cm³/mol. The van der Waals surface area contributed by atoms with Crippen LogP contribution in [0.3, 0.4) is 0 Å². The molecule has 1 saturated heterocycles. The zero-order chi connectivity index (χ0) is 21.0. The van der Waals surface area contributed by atoms with Gasteiger partial charge in [-0.2, -0.15) is 0 Å². The molecule has 0 radical (unpaired) electrons. The van der Waals surface area contributed by atoms with Gasteiger partial charge in [-0.1, -0.05) is 11.8 Å². The first-order valence-electron chi connectivity index (χ1n) is 10.2. The Hall–Kier alpha value is -2.89. The van der Waals surface area contributed by atoms with Gasteiger partial charge in [-0.3, -0.25) is 4.79 Å². The number of aromatic amines is 1. The van der Waals surface area contributed by atoms with Crippen LogP contribution in [-0.4, -0.2) is 43.7 Å². The lowest BCUT2D eigenvalue weighted by Crippen LogP contribution is -2.24. The van der Waals surface area contributed by atoms with Crippen LogP contribution in [0.15, 0.2) is 15.4 Å². The topological polar surface area (TPSA) is 106 Å². The summed E-state index contributed by atoms with van der Waals surface area (Å²) in [4.78, 5) is 15.9. The van der Waals surface area contributed by atoms with Crippen molar-refractivity contribution in [1.29, 1.82) is 0 Å². The molecule has 30 heavy (non-hydrogen) atoms. The SMILES string of the molecule is Cc1[nH]c2c(=O)n(C)cc(C#CC(C)(O)C3CC3)c2c1-c1nnc(C2CCOC2)o1. The van der Waals surface area contributed by atoms with E-state index in [4.69, 9.17) is 9.15 Å². The van der Waals surface area contributed by atoms with Crippen LogP contribution in [0.2, 0.25) is 0 Å². The number of pyridine rings is 1. The summed E-state index contributed by atoms with van der Waals surface area (Å²) in [6.07, 6.45) is 4.50. The quantitative estimate of drug-likeness (QED) is 0.644. The van der Waals surface area contributed by atoms with Gasteiger partial charge in [-0.15, -0.1) is 10.2 Å². The lowest BCUT2D eigenvalue weighted by atomic mass is 10.00. The molecule has 3 aromatic heterocycles. The van der Waals surface area contributed by atoms with Crippen molar-refractivity contribution in [3.8, 4) is 23.3 Å². The van der Waals surface area contributed by atoms with Crippen LogP contribution in [0.1, 0.15) is 49.3 Å². The first-order valence-corrected chi connectivity index (χ1v) is 10.2. The first-order chi connectivity index (χ1) is 14.3. The Morgan fingerprint density at radius 2 is 2.13 bits per heavy atom. The Morgan fingerprint density at radius 3 is 2.83 bits per heavy atom. The maximum absolute atomic E-state index is 12.8. The number of aryl methyl sites for hydroxylation is 2. The highest BCUT2D eigenvalue weighted by atomic mass is 16.5. The largest absolute Gasteiger partial charge is 0.420 e. The van der Waals surface area contributed by atoms with E-state index in [0.717, 1.165) is 25.0 Å². The van der Waals surface area contributed by atoms with Crippen LogP contribution < -0.4 is 5.56 Å². The molecule has 2 unspecified atom stereocenters. The van der Waals surface area contributed by atoms with Crippen molar-refractivity contribution >= 4 is 10.9 Å². The van der Waals surface area contributed by atoms with Gasteiger partial charge in [-0.25, -0.2) is 0 Å². The molecule has 4 heterocycles. The standard InChI is InChI=1S/C22H24N4O4/c1-12-16(20-25-24-19(30-20)14-7-9-29-11-14)17-13(6-8-22(2,28)15-4-5-15)10-26(3)21(27)18(17)23-12/h10,14-15,23,28H,4-5,7,9,11H2,1-3H3. The average Bonchev–Trinajstić information content (AvgIpc) is 3.11. The van der Waals surface area contributed by atoms with Gasteiger partial charge in [0.05, 0.1) is 23.7 Å². The van der Waals surface area contributed by atoms with Crippen molar-refractivity contribution in [1.82, 2.24) is 19.7 Å². The Morgan fingerprint density at radius 1 is 1.33 bits per heavy atom. The summed E-state index contributed by atoms with van der Waals surface area (Å²) in [6, 6.07) is 0. The van der Waals surface area contributed by atoms with Gasteiger partial charge in [-0.05, 0) is 39.0 Å². The fraction of sp³-hybridized carbons (Fsp3) is 0.500. The van der Waals surface area contributed by atoms with E-state index in [1.165, 1.54) is 4.57 Å². The number of H-pyrrole nitrogens is 1. The molecule has 1 aliphatic carbocycles. The summed E-state index contributed by atoms with van der Waals surface area (Å²) in [7, 11) is 1.69. The van der Waals surface area contributed by atoms with Gasteiger partial charge in [0.15, 0.2) is 0 Å². The Bertz CT molecular complexity index is 1240. The van der Waals surface area contributed by atoms with Crippen molar-refractivity contribution < 1.29 is 14.3 Å². The highest BCUT2D eigenvalue weighted by molar-refractivity contribution is 5.99. The number of aliphatic hydroxyl groups is 1. The number of fused-ring (bicyclic) bond motifs is 1.